The Labute approximate surface area is 191 Å². The molecule has 1 atom stereocenters. The van der Waals surface area contributed by atoms with Gasteiger partial charge in [0.1, 0.15) is 22.9 Å². The summed E-state index contributed by atoms with van der Waals surface area (Å²) in [6, 6.07) is 1.49. The maximum Gasteiger partial charge on any atom is 0.494 e. The van der Waals surface area contributed by atoms with Gasteiger partial charge in [-0.3, -0.25) is 0 Å². The van der Waals surface area contributed by atoms with Crippen LogP contribution in [0, 0.1) is 40.9 Å². The van der Waals surface area contributed by atoms with Crippen LogP contribution in [0.2, 0.25) is 0 Å². The van der Waals surface area contributed by atoms with Gasteiger partial charge >= 0.3 is 13.2 Å². The number of alkyl halides is 2. The van der Waals surface area contributed by atoms with Gasteiger partial charge in [-0.25, -0.2) is 22.0 Å². The van der Waals surface area contributed by atoms with Gasteiger partial charge in [-0.1, -0.05) is 23.8 Å². The van der Waals surface area contributed by atoms with Crippen molar-refractivity contribution < 1.29 is 44.8 Å². The zero-order valence-electron chi connectivity index (χ0n) is 17.8. The molecular weight excluding hydrogens is 468 g/mol. The first-order valence-corrected chi connectivity index (χ1v) is 10.3. The minimum atomic E-state index is -4.66. The number of hydrogen-bond donors (Lipinski definition) is 0. The third kappa shape index (κ3) is 5.00. The molecule has 3 nitrogen and oxygen atoms in total. The van der Waals surface area contributed by atoms with Crippen molar-refractivity contribution in [1.82, 2.24) is 0 Å². The van der Waals surface area contributed by atoms with Crippen molar-refractivity contribution in [2.75, 3.05) is 13.2 Å². The van der Waals surface area contributed by atoms with Gasteiger partial charge in [0.25, 0.3) is 0 Å². The topological polar surface area (TPSA) is 27.7 Å². The SMILES string of the molecule is CC1=CCC(C2COB(c3cc(F)c(C(F)(F)Oc4cc(F)c(F)c(F)c4)c(F)c3)OC2)C=C1. The van der Waals surface area contributed by atoms with Crippen LogP contribution in [-0.4, -0.2) is 20.3 Å². The molecule has 34 heavy (non-hydrogen) atoms. The fraction of sp³-hybridized carbons (Fsp3) is 0.304. The summed E-state index contributed by atoms with van der Waals surface area (Å²) in [5.41, 5.74) is -0.806. The Bertz CT molecular complexity index is 1100. The van der Waals surface area contributed by atoms with Gasteiger partial charge in [-0.05, 0) is 36.9 Å². The highest BCUT2D eigenvalue weighted by Gasteiger charge is 2.43. The van der Waals surface area contributed by atoms with Crippen LogP contribution >= 0.6 is 0 Å². The predicted molar refractivity (Wildman–Crippen MR) is 109 cm³/mol. The maximum atomic E-state index is 14.6. The number of rotatable bonds is 5. The van der Waals surface area contributed by atoms with Crippen molar-refractivity contribution in [3.8, 4) is 5.75 Å². The van der Waals surface area contributed by atoms with E-state index in [4.69, 9.17) is 9.31 Å². The van der Waals surface area contributed by atoms with Crippen LogP contribution in [0.5, 0.6) is 5.75 Å². The Balaban J connectivity index is 1.48. The summed E-state index contributed by atoms with van der Waals surface area (Å²) in [5, 5.41) is 0. The maximum absolute atomic E-state index is 14.6. The molecule has 0 amide bonds. The number of allylic oxidation sites excluding steroid dienone is 4. The number of halogens is 7. The van der Waals surface area contributed by atoms with Crippen LogP contribution in [0.1, 0.15) is 18.9 Å². The molecule has 11 heteroatoms. The molecule has 1 heterocycles. The van der Waals surface area contributed by atoms with E-state index in [1.807, 2.05) is 19.1 Å². The zero-order chi connectivity index (χ0) is 24.6. The van der Waals surface area contributed by atoms with Crippen LogP contribution in [0.3, 0.4) is 0 Å². The Morgan fingerprint density at radius 3 is 2.03 bits per heavy atom. The van der Waals surface area contributed by atoms with E-state index in [0.717, 1.165) is 12.0 Å². The molecule has 1 aliphatic heterocycles. The van der Waals surface area contributed by atoms with E-state index in [1.54, 1.807) is 0 Å². The lowest BCUT2D eigenvalue weighted by Crippen LogP contribution is -2.46. The van der Waals surface area contributed by atoms with Crippen molar-refractivity contribution in [3.05, 3.63) is 82.7 Å². The molecule has 2 aromatic rings. The zero-order valence-corrected chi connectivity index (χ0v) is 17.8. The fourth-order valence-corrected chi connectivity index (χ4v) is 3.85. The van der Waals surface area contributed by atoms with Crippen molar-refractivity contribution in [2.45, 2.75) is 19.5 Å². The average Bonchev–Trinajstić information content (AvgIpc) is 2.77. The van der Waals surface area contributed by atoms with Crippen molar-refractivity contribution >= 4 is 12.6 Å². The van der Waals surface area contributed by atoms with Crippen molar-refractivity contribution in [2.24, 2.45) is 11.8 Å². The highest BCUT2D eigenvalue weighted by atomic mass is 19.3. The first kappa shape index (κ1) is 24.3. The summed E-state index contributed by atoms with van der Waals surface area (Å²) in [4.78, 5) is 0. The molecule has 180 valence electrons. The van der Waals surface area contributed by atoms with Gasteiger partial charge in [0.05, 0.1) is 0 Å². The van der Waals surface area contributed by atoms with E-state index < -0.39 is 53.6 Å². The van der Waals surface area contributed by atoms with Gasteiger partial charge in [0.15, 0.2) is 17.5 Å². The molecule has 4 rings (SSSR count). The molecule has 2 aliphatic rings. The molecule has 1 unspecified atom stereocenters. The smallest absolute Gasteiger partial charge is 0.429 e. The minimum Gasteiger partial charge on any atom is -0.429 e. The second kappa shape index (κ2) is 9.46. The van der Waals surface area contributed by atoms with Crippen LogP contribution in [0.4, 0.5) is 30.7 Å². The standard InChI is InChI=1S/C23H18BF7O3/c1-12-2-4-13(5-3-12)14-10-32-24(33-11-14)15-6-17(25)21(18(26)7-15)23(30,31)34-16-8-19(27)22(29)20(28)9-16/h2-4,6-9,13-14H,5,10-11H2,1H3. The highest BCUT2D eigenvalue weighted by molar-refractivity contribution is 6.61. The van der Waals surface area contributed by atoms with E-state index in [9.17, 15) is 30.7 Å². The quantitative estimate of drug-likeness (QED) is 0.323. The Hall–Kier alpha value is -2.79. The molecule has 0 radical (unpaired) electrons. The van der Waals surface area contributed by atoms with Crippen LogP contribution < -0.4 is 10.2 Å². The molecule has 1 fully saturated rings. The van der Waals surface area contributed by atoms with Crippen LogP contribution in [0.15, 0.2) is 48.1 Å². The second-order valence-corrected chi connectivity index (χ2v) is 8.14. The van der Waals surface area contributed by atoms with Crippen molar-refractivity contribution in [3.63, 3.8) is 0 Å². The van der Waals surface area contributed by atoms with E-state index in [0.29, 0.717) is 12.1 Å². The summed E-state index contributed by atoms with van der Waals surface area (Å²) >= 11 is 0. The summed E-state index contributed by atoms with van der Waals surface area (Å²) in [5.74, 6) is -9.85. The van der Waals surface area contributed by atoms with E-state index in [1.165, 1.54) is 0 Å². The Kier molecular flexibility index (Phi) is 6.77. The molecule has 0 saturated carbocycles. The van der Waals surface area contributed by atoms with Crippen molar-refractivity contribution in [1.29, 1.82) is 0 Å². The molecular formula is C23H18BF7O3. The van der Waals surface area contributed by atoms with E-state index in [2.05, 4.69) is 10.8 Å². The Morgan fingerprint density at radius 2 is 1.50 bits per heavy atom. The van der Waals surface area contributed by atoms with Gasteiger partial charge < -0.3 is 14.0 Å². The third-order valence-electron chi connectivity index (χ3n) is 5.68. The first-order valence-electron chi connectivity index (χ1n) is 10.3. The second-order valence-electron chi connectivity index (χ2n) is 8.14. The van der Waals surface area contributed by atoms with Gasteiger partial charge in [-0.15, -0.1) is 0 Å². The number of hydrogen-bond acceptors (Lipinski definition) is 3. The molecule has 0 spiro atoms. The van der Waals surface area contributed by atoms with E-state index >= 15 is 0 Å². The first-order chi connectivity index (χ1) is 16.0. The minimum absolute atomic E-state index is 0.0139. The van der Waals surface area contributed by atoms with Gasteiger partial charge in [0.2, 0.25) is 0 Å². The molecule has 0 bridgehead atoms. The molecule has 0 aromatic heterocycles. The summed E-state index contributed by atoms with van der Waals surface area (Å²) in [6.07, 6.45) is 2.25. The molecule has 1 saturated heterocycles. The lowest BCUT2D eigenvalue weighted by Gasteiger charge is -2.32. The highest BCUT2D eigenvalue weighted by Crippen LogP contribution is 2.36. The lowest BCUT2D eigenvalue weighted by molar-refractivity contribution is -0.189. The Morgan fingerprint density at radius 1 is 0.912 bits per heavy atom. The fourth-order valence-electron chi connectivity index (χ4n) is 3.85. The van der Waals surface area contributed by atoms with Crippen LogP contribution in [0.25, 0.3) is 0 Å². The molecule has 2 aromatic carbocycles. The van der Waals surface area contributed by atoms with Crippen LogP contribution in [-0.2, 0) is 15.4 Å². The number of ether oxygens (including phenoxy) is 1. The summed E-state index contributed by atoms with van der Waals surface area (Å²) in [7, 11) is -1.17. The van der Waals surface area contributed by atoms with Gasteiger partial charge in [-0.2, -0.15) is 8.78 Å². The predicted octanol–water partition coefficient (Wildman–Crippen LogP) is 5.39. The average molecular weight is 486 g/mol. The largest absolute Gasteiger partial charge is 0.494 e. The number of benzene rings is 2. The summed E-state index contributed by atoms with van der Waals surface area (Å²) in [6.45, 7) is 2.45. The molecule has 0 N–H and O–H groups in total. The monoisotopic (exact) mass is 486 g/mol. The third-order valence-corrected chi connectivity index (χ3v) is 5.68. The van der Waals surface area contributed by atoms with E-state index in [-0.39, 0.29) is 42.6 Å². The lowest BCUT2D eigenvalue weighted by atomic mass is 9.75. The summed E-state index contributed by atoms with van der Waals surface area (Å²) < 4.78 is 113. The van der Waals surface area contributed by atoms with Gasteiger partial charge in [0, 0.05) is 31.3 Å². The normalized spacial score (nSPS) is 19.4. The molecule has 1 aliphatic carbocycles.